The third-order valence-electron chi connectivity index (χ3n) is 5.17. The van der Waals surface area contributed by atoms with Crippen molar-refractivity contribution in [2.45, 2.75) is 58.8 Å². The minimum absolute atomic E-state index is 0.223. The van der Waals surface area contributed by atoms with Crippen LogP contribution in [-0.2, 0) is 20.7 Å². The number of nitrogens with one attached hydrogen (secondary N) is 2. The molecule has 0 aliphatic rings. The molecule has 0 saturated heterocycles. The van der Waals surface area contributed by atoms with Crippen LogP contribution in [-0.4, -0.2) is 40.6 Å². The standard InChI is InChI=1S/C22H26N2O3.C4H7N3O2/c1-3-17(25)11-6-4-5-7-13-21-23-15-20(27-21)18-14-16-10-8-9-12-19(16)24-22(18)26-2;1-2(5)9-4(7)3(6)8/h8-10,12,14-15H,3-7,11,13H2,1-2H3;5,7H,1H3,(H2,6,8). The molecule has 10 nitrogen and oxygen atoms in total. The first kappa shape index (κ1) is 28.2. The Morgan fingerprint density at radius 1 is 1.11 bits per heavy atom. The normalized spacial score (nSPS) is 10.3. The van der Waals surface area contributed by atoms with Crippen molar-refractivity contribution in [3.05, 3.63) is 42.4 Å². The molecule has 0 unspecified atom stereocenters. The fraction of sp³-hybridized carbons (Fsp3) is 0.385. The number of hydrogen-bond donors (Lipinski definition) is 3. The molecule has 10 heteroatoms. The van der Waals surface area contributed by atoms with Crippen LogP contribution in [0.2, 0.25) is 0 Å². The largest absolute Gasteiger partial charge is 0.480 e. The monoisotopic (exact) mass is 495 g/mol. The van der Waals surface area contributed by atoms with Crippen LogP contribution in [0.4, 0.5) is 0 Å². The van der Waals surface area contributed by atoms with Crippen LogP contribution in [0.25, 0.3) is 22.2 Å². The minimum atomic E-state index is -0.971. The molecule has 0 saturated carbocycles. The van der Waals surface area contributed by atoms with Crippen LogP contribution < -0.4 is 10.5 Å². The van der Waals surface area contributed by atoms with E-state index in [1.807, 2.05) is 37.3 Å². The number of fused-ring (bicyclic) bond motifs is 1. The summed E-state index contributed by atoms with van der Waals surface area (Å²) in [4.78, 5) is 30.3. The van der Waals surface area contributed by atoms with E-state index in [-0.39, 0.29) is 5.90 Å². The number of unbranched alkanes of at least 4 members (excludes halogenated alkanes) is 3. The highest BCUT2D eigenvalue weighted by Crippen LogP contribution is 2.32. The quantitative estimate of drug-likeness (QED) is 0.206. The maximum atomic E-state index is 11.3. The Bertz CT molecular complexity index is 1200. The highest BCUT2D eigenvalue weighted by atomic mass is 16.5. The lowest BCUT2D eigenvalue weighted by molar-refractivity contribution is -0.118. The summed E-state index contributed by atoms with van der Waals surface area (Å²) in [7, 11) is 1.61. The number of oxazole rings is 1. The predicted molar refractivity (Wildman–Crippen MR) is 137 cm³/mol. The number of amides is 1. The molecular formula is C26H33N5O5. The first-order valence-electron chi connectivity index (χ1n) is 11.8. The number of carbonyl (C=O) groups is 2. The van der Waals surface area contributed by atoms with Crippen molar-refractivity contribution in [2.75, 3.05) is 7.11 Å². The van der Waals surface area contributed by atoms with Gasteiger partial charge in [-0.3, -0.25) is 20.4 Å². The van der Waals surface area contributed by atoms with Gasteiger partial charge < -0.3 is 19.6 Å². The minimum Gasteiger partial charge on any atom is -0.480 e. The Morgan fingerprint density at radius 2 is 1.83 bits per heavy atom. The third-order valence-corrected chi connectivity index (χ3v) is 5.17. The molecule has 2 aromatic heterocycles. The number of nitrogens with two attached hydrogens (primary N) is 1. The Balaban J connectivity index is 0.000000434. The highest BCUT2D eigenvalue weighted by Gasteiger charge is 2.14. The van der Waals surface area contributed by atoms with E-state index >= 15 is 0 Å². The third kappa shape index (κ3) is 8.94. The van der Waals surface area contributed by atoms with Gasteiger partial charge >= 0.3 is 5.91 Å². The molecule has 0 spiro atoms. The SMILES string of the molecule is CC(=N)OC(=N)C(N)=O.CCC(=O)CCCCCCc1ncc(-c2cc3ccccc3nc2OC)o1. The Morgan fingerprint density at radius 3 is 2.47 bits per heavy atom. The van der Waals surface area contributed by atoms with Crippen molar-refractivity contribution in [3.63, 3.8) is 0 Å². The van der Waals surface area contributed by atoms with Gasteiger partial charge in [-0.15, -0.1) is 0 Å². The number of pyridine rings is 1. The molecule has 0 fully saturated rings. The molecule has 3 rings (SSSR count). The van der Waals surface area contributed by atoms with E-state index in [9.17, 15) is 9.59 Å². The number of para-hydroxylation sites is 1. The first-order chi connectivity index (χ1) is 17.2. The lowest BCUT2D eigenvalue weighted by Gasteiger charge is -2.07. The molecule has 0 atom stereocenters. The first-order valence-corrected chi connectivity index (χ1v) is 11.8. The number of carbonyl (C=O) groups excluding carboxylic acids is 2. The van der Waals surface area contributed by atoms with Gasteiger partial charge in [-0.2, -0.15) is 0 Å². The van der Waals surface area contributed by atoms with E-state index in [0.29, 0.717) is 30.3 Å². The van der Waals surface area contributed by atoms with Gasteiger partial charge in [-0.25, -0.2) is 9.97 Å². The van der Waals surface area contributed by atoms with Crippen molar-refractivity contribution in [1.82, 2.24) is 9.97 Å². The van der Waals surface area contributed by atoms with E-state index in [4.69, 9.17) is 20.0 Å². The molecule has 0 aliphatic heterocycles. The molecule has 3 aromatic rings. The molecule has 0 bridgehead atoms. The number of ether oxygens (including phenoxy) is 2. The molecular weight excluding hydrogens is 462 g/mol. The van der Waals surface area contributed by atoms with Gasteiger partial charge in [0.05, 0.1) is 24.4 Å². The van der Waals surface area contributed by atoms with Crippen LogP contribution >= 0.6 is 0 Å². The lowest BCUT2D eigenvalue weighted by Crippen LogP contribution is -2.26. The van der Waals surface area contributed by atoms with E-state index in [1.54, 1.807) is 13.3 Å². The van der Waals surface area contributed by atoms with Gasteiger partial charge in [0.15, 0.2) is 17.5 Å². The van der Waals surface area contributed by atoms with Crippen molar-refractivity contribution in [2.24, 2.45) is 5.73 Å². The van der Waals surface area contributed by atoms with E-state index in [1.165, 1.54) is 6.92 Å². The second-order valence-corrected chi connectivity index (χ2v) is 8.01. The summed E-state index contributed by atoms with van der Waals surface area (Å²) in [6, 6.07) is 9.95. The number of rotatable bonds is 10. The number of aryl methyl sites for hydroxylation is 1. The van der Waals surface area contributed by atoms with Crippen molar-refractivity contribution < 1.29 is 23.5 Å². The van der Waals surface area contributed by atoms with Gasteiger partial charge in [0.1, 0.15) is 5.78 Å². The summed E-state index contributed by atoms with van der Waals surface area (Å²) in [5.74, 6) is 0.392. The van der Waals surface area contributed by atoms with Crippen molar-refractivity contribution >= 4 is 34.4 Å². The molecule has 1 amide bonds. The smallest absolute Gasteiger partial charge is 0.304 e. The van der Waals surface area contributed by atoms with Crippen molar-refractivity contribution in [1.29, 1.82) is 10.8 Å². The summed E-state index contributed by atoms with van der Waals surface area (Å²) in [5.41, 5.74) is 6.30. The second kappa shape index (κ2) is 14.3. The van der Waals surface area contributed by atoms with Crippen LogP contribution in [0.1, 0.15) is 58.3 Å². The number of Topliss-reactive ketones (excluding diaryl/α,β-unsaturated/α-hetero) is 1. The Hall–Kier alpha value is -4.08. The summed E-state index contributed by atoms with van der Waals surface area (Å²) >= 11 is 0. The predicted octanol–water partition coefficient (Wildman–Crippen LogP) is 4.83. The average molecular weight is 496 g/mol. The number of hydrogen-bond acceptors (Lipinski definition) is 9. The molecule has 1 aromatic carbocycles. The maximum Gasteiger partial charge on any atom is 0.304 e. The van der Waals surface area contributed by atoms with Crippen LogP contribution in [0.3, 0.4) is 0 Å². The summed E-state index contributed by atoms with van der Waals surface area (Å²) in [6.45, 7) is 3.22. The van der Waals surface area contributed by atoms with E-state index in [2.05, 4.69) is 20.4 Å². The molecule has 36 heavy (non-hydrogen) atoms. The Kier molecular flexibility index (Phi) is 11.2. The van der Waals surface area contributed by atoms with Gasteiger partial charge in [0.25, 0.3) is 5.90 Å². The number of ketones is 1. The molecule has 0 aliphatic carbocycles. The molecule has 192 valence electrons. The molecule has 0 radical (unpaired) electrons. The molecule has 4 N–H and O–H groups in total. The number of benzene rings is 1. The summed E-state index contributed by atoms with van der Waals surface area (Å²) in [6.07, 6.45) is 8.02. The maximum absolute atomic E-state index is 11.3. The van der Waals surface area contributed by atoms with E-state index in [0.717, 1.165) is 54.5 Å². The van der Waals surface area contributed by atoms with Gasteiger partial charge in [-0.05, 0) is 25.0 Å². The fourth-order valence-electron chi connectivity index (χ4n) is 3.31. The second-order valence-electron chi connectivity index (χ2n) is 8.01. The number of methoxy groups -OCH3 is 1. The zero-order valence-corrected chi connectivity index (χ0v) is 20.9. The van der Waals surface area contributed by atoms with Gasteiger partial charge in [-0.1, -0.05) is 38.0 Å². The molecule has 2 heterocycles. The average Bonchev–Trinajstić information content (AvgIpc) is 3.33. The highest BCUT2D eigenvalue weighted by molar-refractivity contribution is 6.34. The van der Waals surface area contributed by atoms with Crippen LogP contribution in [0, 0.1) is 10.8 Å². The summed E-state index contributed by atoms with van der Waals surface area (Å²) in [5, 5.41) is 14.3. The Labute approximate surface area is 210 Å². The zero-order chi connectivity index (χ0) is 26.5. The van der Waals surface area contributed by atoms with Crippen LogP contribution in [0.5, 0.6) is 5.88 Å². The van der Waals surface area contributed by atoms with Gasteiger partial charge in [0.2, 0.25) is 5.88 Å². The van der Waals surface area contributed by atoms with E-state index < -0.39 is 11.8 Å². The zero-order valence-electron chi connectivity index (χ0n) is 20.9. The summed E-state index contributed by atoms with van der Waals surface area (Å²) < 4.78 is 15.6. The number of aromatic nitrogens is 2. The topological polar surface area (TPSA) is 165 Å². The number of nitrogens with zero attached hydrogens (tertiary/aromatic N) is 2. The lowest BCUT2D eigenvalue weighted by atomic mass is 10.1. The number of primary amides is 1. The van der Waals surface area contributed by atoms with Crippen molar-refractivity contribution in [3.8, 4) is 17.2 Å². The fourth-order valence-corrected chi connectivity index (χ4v) is 3.31. The van der Waals surface area contributed by atoms with Crippen LogP contribution in [0.15, 0.2) is 40.9 Å². The van der Waals surface area contributed by atoms with Gasteiger partial charge in [0, 0.05) is 31.6 Å².